The summed E-state index contributed by atoms with van der Waals surface area (Å²) in [7, 11) is 0. The molecule has 88 valence electrons. The highest BCUT2D eigenvalue weighted by Crippen LogP contribution is 2.23. The third-order valence-electron chi connectivity index (χ3n) is 3.09. The van der Waals surface area contributed by atoms with E-state index in [0.717, 1.165) is 25.7 Å². The average molecular weight is 214 g/mol. The molecule has 1 fully saturated rings. The highest BCUT2D eigenvalue weighted by Gasteiger charge is 2.24. The van der Waals surface area contributed by atoms with Crippen LogP contribution in [0.3, 0.4) is 0 Å². The van der Waals surface area contributed by atoms with E-state index >= 15 is 0 Å². The highest BCUT2D eigenvalue weighted by molar-refractivity contribution is 5.78. The van der Waals surface area contributed by atoms with Gasteiger partial charge in [0.1, 0.15) is 0 Å². The third kappa shape index (κ3) is 4.18. The van der Waals surface area contributed by atoms with Crippen LogP contribution in [0, 0.1) is 5.92 Å². The summed E-state index contributed by atoms with van der Waals surface area (Å²) >= 11 is 0. The quantitative estimate of drug-likeness (QED) is 0.633. The van der Waals surface area contributed by atoms with Gasteiger partial charge in [-0.25, -0.2) is 0 Å². The number of carbonyl (C=O) groups excluding carboxylic acids is 1. The van der Waals surface area contributed by atoms with Crippen LogP contribution in [0.15, 0.2) is 0 Å². The zero-order valence-corrected chi connectivity index (χ0v) is 9.41. The maximum atomic E-state index is 11.8. The minimum atomic E-state index is 0.0677. The number of nitrogens with two attached hydrogens (primary N) is 1. The predicted octanol–water partition coefficient (Wildman–Crippen LogP) is 0.391. The van der Waals surface area contributed by atoms with E-state index in [0.29, 0.717) is 6.42 Å². The Hall–Kier alpha value is -0.610. The minimum absolute atomic E-state index is 0.0677. The fourth-order valence-corrected chi connectivity index (χ4v) is 2.01. The zero-order chi connectivity index (χ0) is 11.3. The summed E-state index contributed by atoms with van der Waals surface area (Å²) in [6, 6.07) is 0.349. The van der Waals surface area contributed by atoms with E-state index in [9.17, 15) is 4.79 Å². The number of aliphatic hydroxyl groups excluding tert-OH is 1. The lowest BCUT2D eigenvalue weighted by molar-refractivity contribution is -0.126. The smallest absolute Gasteiger partial charge is 0.223 e. The largest absolute Gasteiger partial charge is 0.396 e. The van der Waals surface area contributed by atoms with Crippen LogP contribution in [0.4, 0.5) is 0 Å². The van der Waals surface area contributed by atoms with Gasteiger partial charge in [-0.1, -0.05) is 0 Å². The molecule has 1 saturated carbocycles. The van der Waals surface area contributed by atoms with E-state index in [1.165, 1.54) is 0 Å². The normalized spacial score (nSPS) is 28.5. The number of hydrogen-bond acceptors (Lipinski definition) is 3. The van der Waals surface area contributed by atoms with Crippen LogP contribution in [0.25, 0.3) is 0 Å². The van der Waals surface area contributed by atoms with Crippen molar-refractivity contribution < 1.29 is 9.90 Å². The summed E-state index contributed by atoms with van der Waals surface area (Å²) in [5.74, 6) is 0.258. The van der Waals surface area contributed by atoms with Gasteiger partial charge in [-0.05, 0) is 39.0 Å². The molecule has 0 aromatic heterocycles. The molecule has 0 aromatic carbocycles. The van der Waals surface area contributed by atoms with Crippen LogP contribution >= 0.6 is 0 Å². The second-order valence-electron chi connectivity index (χ2n) is 4.53. The van der Waals surface area contributed by atoms with Gasteiger partial charge in [0, 0.05) is 24.6 Å². The van der Waals surface area contributed by atoms with Crippen molar-refractivity contribution >= 4 is 5.91 Å². The van der Waals surface area contributed by atoms with E-state index in [-0.39, 0.29) is 30.5 Å². The number of nitrogens with one attached hydrogen (secondary N) is 1. The van der Waals surface area contributed by atoms with Crippen LogP contribution in [-0.4, -0.2) is 29.7 Å². The van der Waals surface area contributed by atoms with Crippen molar-refractivity contribution in [2.45, 2.75) is 51.1 Å². The molecule has 0 spiro atoms. The van der Waals surface area contributed by atoms with Gasteiger partial charge in [0.25, 0.3) is 0 Å². The Bertz CT molecular complexity index is 201. The molecule has 1 unspecified atom stereocenters. The number of amides is 1. The molecule has 4 N–H and O–H groups in total. The van der Waals surface area contributed by atoms with Gasteiger partial charge in [0.05, 0.1) is 0 Å². The molecule has 1 aliphatic carbocycles. The second kappa shape index (κ2) is 6.08. The fraction of sp³-hybridized carbons (Fsp3) is 0.909. The van der Waals surface area contributed by atoms with Crippen molar-refractivity contribution in [1.82, 2.24) is 5.32 Å². The van der Waals surface area contributed by atoms with E-state index in [1.807, 2.05) is 6.92 Å². The molecule has 0 bridgehead atoms. The molecular formula is C11H22N2O2. The number of hydrogen-bond donors (Lipinski definition) is 3. The predicted molar refractivity (Wildman–Crippen MR) is 59.2 cm³/mol. The van der Waals surface area contributed by atoms with Crippen molar-refractivity contribution in [3.8, 4) is 0 Å². The first-order chi connectivity index (χ1) is 7.13. The molecule has 0 heterocycles. The lowest BCUT2D eigenvalue weighted by Gasteiger charge is -2.26. The van der Waals surface area contributed by atoms with Crippen molar-refractivity contribution in [3.05, 3.63) is 0 Å². The zero-order valence-electron chi connectivity index (χ0n) is 9.41. The fourth-order valence-electron chi connectivity index (χ4n) is 2.01. The monoisotopic (exact) mass is 214 g/mol. The van der Waals surface area contributed by atoms with Gasteiger partial charge in [-0.3, -0.25) is 4.79 Å². The Morgan fingerprint density at radius 3 is 2.60 bits per heavy atom. The van der Waals surface area contributed by atoms with Crippen LogP contribution in [-0.2, 0) is 4.79 Å². The van der Waals surface area contributed by atoms with Crippen molar-refractivity contribution in [3.63, 3.8) is 0 Å². The lowest BCUT2D eigenvalue weighted by Crippen LogP contribution is -2.40. The van der Waals surface area contributed by atoms with E-state index < -0.39 is 0 Å². The lowest BCUT2D eigenvalue weighted by atomic mass is 9.86. The summed E-state index contributed by atoms with van der Waals surface area (Å²) in [5, 5.41) is 11.7. The molecule has 1 atom stereocenters. The molecule has 4 nitrogen and oxygen atoms in total. The first-order valence-corrected chi connectivity index (χ1v) is 5.80. The standard InChI is InChI=1S/C11H22N2O2/c1-8(6-7-14)13-11(15)9-2-4-10(12)5-3-9/h8-10,14H,2-7,12H2,1H3,(H,13,15). The average Bonchev–Trinajstić information content (AvgIpc) is 2.18. The van der Waals surface area contributed by atoms with Crippen LogP contribution < -0.4 is 11.1 Å². The first kappa shape index (κ1) is 12.5. The van der Waals surface area contributed by atoms with Gasteiger partial charge in [-0.15, -0.1) is 0 Å². The van der Waals surface area contributed by atoms with Crippen LogP contribution in [0.2, 0.25) is 0 Å². The molecule has 1 rings (SSSR count). The second-order valence-corrected chi connectivity index (χ2v) is 4.53. The number of carbonyl (C=O) groups is 1. The van der Waals surface area contributed by atoms with Crippen LogP contribution in [0.5, 0.6) is 0 Å². The summed E-state index contributed by atoms with van der Waals surface area (Å²) < 4.78 is 0. The van der Waals surface area contributed by atoms with Crippen molar-refractivity contribution in [2.24, 2.45) is 11.7 Å². The maximum Gasteiger partial charge on any atom is 0.223 e. The summed E-state index contributed by atoms with van der Waals surface area (Å²) in [6.45, 7) is 2.04. The van der Waals surface area contributed by atoms with E-state index in [4.69, 9.17) is 10.8 Å². The molecule has 0 aromatic rings. The van der Waals surface area contributed by atoms with Crippen molar-refractivity contribution in [1.29, 1.82) is 0 Å². The topological polar surface area (TPSA) is 75.3 Å². The van der Waals surface area contributed by atoms with E-state index in [2.05, 4.69) is 5.32 Å². The SMILES string of the molecule is CC(CCO)NC(=O)C1CCC(N)CC1. The summed E-state index contributed by atoms with van der Waals surface area (Å²) in [5.41, 5.74) is 5.78. The molecular weight excluding hydrogens is 192 g/mol. The molecule has 15 heavy (non-hydrogen) atoms. The minimum Gasteiger partial charge on any atom is -0.396 e. The number of aliphatic hydroxyl groups is 1. The number of rotatable bonds is 4. The Morgan fingerprint density at radius 2 is 2.07 bits per heavy atom. The van der Waals surface area contributed by atoms with Gasteiger partial charge in [-0.2, -0.15) is 0 Å². The van der Waals surface area contributed by atoms with Gasteiger partial charge < -0.3 is 16.2 Å². The highest BCUT2D eigenvalue weighted by atomic mass is 16.3. The summed E-state index contributed by atoms with van der Waals surface area (Å²) in [6.07, 6.45) is 4.33. The molecule has 0 radical (unpaired) electrons. The van der Waals surface area contributed by atoms with Crippen molar-refractivity contribution in [2.75, 3.05) is 6.61 Å². The molecule has 1 amide bonds. The van der Waals surface area contributed by atoms with Gasteiger partial charge >= 0.3 is 0 Å². The molecule has 0 saturated heterocycles. The first-order valence-electron chi connectivity index (χ1n) is 5.80. The van der Waals surface area contributed by atoms with Gasteiger partial charge in [0.15, 0.2) is 0 Å². The van der Waals surface area contributed by atoms with E-state index in [1.54, 1.807) is 0 Å². The Labute approximate surface area is 91.2 Å². The maximum absolute atomic E-state index is 11.8. The molecule has 1 aliphatic rings. The van der Waals surface area contributed by atoms with Gasteiger partial charge in [0.2, 0.25) is 5.91 Å². The third-order valence-corrected chi connectivity index (χ3v) is 3.09. The molecule has 0 aliphatic heterocycles. The Balaban J connectivity index is 2.27. The summed E-state index contributed by atoms with van der Waals surface area (Å²) in [4.78, 5) is 11.8. The van der Waals surface area contributed by atoms with Crippen LogP contribution in [0.1, 0.15) is 39.0 Å². The Morgan fingerprint density at radius 1 is 1.47 bits per heavy atom. The Kier molecular flexibility index (Phi) is 5.05. The molecule has 4 heteroatoms.